The van der Waals surface area contributed by atoms with E-state index in [1.54, 1.807) is 0 Å². The number of aryl methyl sites for hydroxylation is 1. The van der Waals surface area contributed by atoms with E-state index in [1.807, 2.05) is 0 Å². The molecule has 0 aliphatic heterocycles. The van der Waals surface area contributed by atoms with Crippen LogP contribution in [-0.2, 0) is 6.54 Å². The molecule has 0 spiro atoms. The number of aromatic nitrogens is 1. The summed E-state index contributed by atoms with van der Waals surface area (Å²) in [6, 6.07) is 12.7. The van der Waals surface area contributed by atoms with Crippen LogP contribution in [0.15, 0.2) is 42.6 Å². The molecule has 0 amide bonds. The minimum atomic E-state index is 0.207. The summed E-state index contributed by atoms with van der Waals surface area (Å²) in [5.41, 5.74) is 3.71. The van der Waals surface area contributed by atoms with E-state index < -0.39 is 0 Å². The molecule has 0 unspecified atom stereocenters. The van der Waals surface area contributed by atoms with Crippen LogP contribution in [0.4, 0.5) is 0 Å². The molecular weight excluding hydrogens is 236 g/mol. The van der Waals surface area contributed by atoms with Crippen molar-refractivity contribution < 1.29 is 5.11 Å². The highest BCUT2D eigenvalue weighted by molar-refractivity contribution is 5.38. The second-order valence-electron chi connectivity index (χ2n) is 4.80. The van der Waals surface area contributed by atoms with Crippen molar-refractivity contribution in [2.45, 2.75) is 20.4 Å². The smallest absolute Gasteiger partial charge is 0.0558 e. The third kappa shape index (κ3) is 3.46. The lowest BCUT2D eigenvalue weighted by atomic mass is 10.2. The number of nitrogens with zero attached hydrogens (tertiary/aromatic N) is 2. The molecule has 19 heavy (non-hydrogen) atoms. The third-order valence-electron chi connectivity index (χ3n) is 3.36. The van der Waals surface area contributed by atoms with Gasteiger partial charge in [0.15, 0.2) is 0 Å². The Bertz CT molecular complexity index is 519. The van der Waals surface area contributed by atoms with Gasteiger partial charge in [0.25, 0.3) is 0 Å². The van der Waals surface area contributed by atoms with Crippen LogP contribution in [0.1, 0.15) is 18.2 Å². The van der Waals surface area contributed by atoms with E-state index in [-0.39, 0.29) is 6.61 Å². The van der Waals surface area contributed by atoms with Crippen LogP contribution in [0.3, 0.4) is 0 Å². The Kier molecular flexibility index (Phi) is 4.77. The quantitative estimate of drug-likeness (QED) is 0.862. The van der Waals surface area contributed by atoms with Crippen LogP contribution < -0.4 is 0 Å². The molecule has 1 aromatic heterocycles. The Morgan fingerprint density at radius 2 is 2.05 bits per heavy atom. The van der Waals surface area contributed by atoms with E-state index in [0.717, 1.165) is 19.6 Å². The van der Waals surface area contributed by atoms with Crippen LogP contribution in [-0.4, -0.2) is 34.3 Å². The molecule has 0 saturated heterocycles. The second-order valence-corrected chi connectivity index (χ2v) is 4.80. The minimum absolute atomic E-state index is 0.207. The molecule has 0 bridgehead atoms. The molecule has 0 atom stereocenters. The molecule has 102 valence electrons. The summed E-state index contributed by atoms with van der Waals surface area (Å²) in [4.78, 5) is 2.24. The average Bonchev–Trinajstić information content (AvgIpc) is 2.86. The van der Waals surface area contributed by atoms with Crippen molar-refractivity contribution in [1.29, 1.82) is 0 Å². The van der Waals surface area contributed by atoms with Crippen molar-refractivity contribution in [3.8, 4) is 5.69 Å². The highest BCUT2D eigenvalue weighted by Crippen LogP contribution is 2.15. The minimum Gasteiger partial charge on any atom is -0.395 e. The average molecular weight is 258 g/mol. The number of hydrogen-bond acceptors (Lipinski definition) is 2. The van der Waals surface area contributed by atoms with Gasteiger partial charge < -0.3 is 9.67 Å². The number of rotatable bonds is 6. The fourth-order valence-electron chi connectivity index (χ4n) is 2.29. The lowest BCUT2D eigenvalue weighted by Gasteiger charge is -2.20. The zero-order valence-corrected chi connectivity index (χ0v) is 11.7. The maximum atomic E-state index is 9.07. The van der Waals surface area contributed by atoms with Crippen molar-refractivity contribution in [2.24, 2.45) is 0 Å². The van der Waals surface area contributed by atoms with Gasteiger partial charge in [-0.25, -0.2) is 0 Å². The molecule has 0 radical (unpaired) electrons. The van der Waals surface area contributed by atoms with Gasteiger partial charge in [-0.05, 0) is 43.3 Å². The van der Waals surface area contributed by atoms with E-state index in [9.17, 15) is 0 Å². The maximum Gasteiger partial charge on any atom is 0.0558 e. The first-order valence-corrected chi connectivity index (χ1v) is 6.81. The van der Waals surface area contributed by atoms with Crippen LogP contribution in [0.5, 0.6) is 0 Å². The number of likely N-dealkylation sites (N-methyl/N-ethyl adjacent to an activating group) is 1. The van der Waals surface area contributed by atoms with E-state index in [4.69, 9.17) is 5.11 Å². The summed E-state index contributed by atoms with van der Waals surface area (Å²) in [6.45, 7) is 6.96. The molecule has 0 saturated carbocycles. The first kappa shape index (κ1) is 13.8. The molecule has 0 aliphatic carbocycles. The molecule has 0 fully saturated rings. The number of aliphatic hydroxyl groups is 1. The van der Waals surface area contributed by atoms with E-state index >= 15 is 0 Å². The third-order valence-corrected chi connectivity index (χ3v) is 3.36. The van der Waals surface area contributed by atoms with Gasteiger partial charge in [0.1, 0.15) is 0 Å². The highest BCUT2D eigenvalue weighted by Gasteiger charge is 2.08. The van der Waals surface area contributed by atoms with Crippen molar-refractivity contribution in [3.05, 3.63) is 53.9 Å². The Labute approximate surface area is 115 Å². The van der Waals surface area contributed by atoms with Crippen molar-refractivity contribution in [1.82, 2.24) is 9.47 Å². The topological polar surface area (TPSA) is 28.4 Å². The lowest BCUT2D eigenvalue weighted by molar-refractivity contribution is 0.195. The normalized spacial score (nSPS) is 11.2. The molecule has 3 nitrogen and oxygen atoms in total. The molecule has 1 heterocycles. The molecule has 2 rings (SSSR count). The van der Waals surface area contributed by atoms with Gasteiger partial charge in [0, 0.05) is 30.7 Å². The molecule has 2 aromatic rings. The summed E-state index contributed by atoms with van der Waals surface area (Å²) in [6.07, 6.45) is 2.09. The van der Waals surface area contributed by atoms with Crippen molar-refractivity contribution in [2.75, 3.05) is 19.7 Å². The van der Waals surface area contributed by atoms with Crippen LogP contribution in [0, 0.1) is 6.92 Å². The first-order valence-electron chi connectivity index (χ1n) is 6.81. The van der Waals surface area contributed by atoms with Gasteiger partial charge in [-0.2, -0.15) is 0 Å². The van der Waals surface area contributed by atoms with Gasteiger partial charge in [0.2, 0.25) is 0 Å². The summed E-state index contributed by atoms with van der Waals surface area (Å²) < 4.78 is 2.22. The molecule has 0 aliphatic rings. The predicted molar refractivity (Wildman–Crippen MR) is 78.5 cm³/mol. The van der Waals surface area contributed by atoms with Crippen LogP contribution >= 0.6 is 0 Å². The fraction of sp³-hybridized carbons (Fsp3) is 0.375. The molecule has 1 aromatic carbocycles. The van der Waals surface area contributed by atoms with Gasteiger partial charge in [-0.1, -0.05) is 19.1 Å². The Morgan fingerprint density at radius 3 is 2.74 bits per heavy atom. The van der Waals surface area contributed by atoms with Gasteiger partial charge in [-0.3, -0.25) is 4.90 Å². The van der Waals surface area contributed by atoms with E-state index in [0.29, 0.717) is 0 Å². The highest BCUT2D eigenvalue weighted by atomic mass is 16.3. The van der Waals surface area contributed by atoms with Gasteiger partial charge in [-0.15, -0.1) is 0 Å². The number of aliphatic hydroxyl groups excluding tert-OH is 1. The first-order chi connectivity index (χ1) is 9.24. The molecule has 3 heteroatoms. The summed E-state index contributed by atoms with van der Waals surface area (Å²) in [5.74, 6) is 0. The molecular formula is C16H22N2O. The molecule has 1 N–H and O–H groups in total. The summed E-state index contributed by atoms with van der Waals surface area (Å²) >= 11 is 0. The van der Waals surface area contributed by atoms with Gasteiger partial charge >= 0.3 is 0 Å². The second kappa shape index (κ2) is 6.55. The van der Waals surface area contributed by atoms with Crippen LogP contribution in [0.25, 0.3) is 5.69 Å². The largest absolute Gasteiger partial charge is 0.395 e. The van der Waals surface area contributed by atoms with E-state index in [1.165, 1.54) is 16.9 Å². The Balaban J connectivity index is 2.22. The standard InChI is InChI=1S/C16H22N2O/c1-3-17(10-11-19)13-16-8-5-9-18(16)15-7-4-6-14(2)12-15/h4-9,12,19H,3,10-11,13H2,1-2H3. The maximum absolute atomic E-state index is 9.07. The monoisotopic (exact) mass is 258 g/mol. The van der Waals surface area contributed by atoms with Crippen molar-refractivity contribution in [3.63, 3.8) is 0 Å². The van der Waals surface area contributed by atoms with E-state index in [2.05, 4.69) is 65.9 Å². The number of benzene rings is 1. The summed E-state index contributed by atoms with van der Waals surface area (Å²) in [5, 5.41) is 9.07. The SMILES string of the molecule is CCN(CCO)Cc1cccn1-c1cccc(C)c1. The van der Waals surface area contributed by atoms with Gasteiger partial charge in [0.05, 0.1) is 6.61 Å². The number of hydrogen-bond donors (Lipinski definition) is 1. The predicted octanol–water partition coefficient (Wildman–Crippen LogP) is 2.60. The van der Waals surface area contributed by atoms with Crippen molar-refractivity contribution >= 4 is 0 Å². The Morgan fingerprint density at radius 1 is 1.21 bits per heavy atom. The fourth-order valence-corrected chi connectivity index (χ4v) is 2.29. The zero-order valence-electron chi connectivity index (χ0n) is 11.7. The summed E-state index contributed by atoms with van der Waals surface area (Å²) in [7, 11) is 0. The zero-order chi connectivity index (χ0) is 13.7. The van der Waals surface area contributed by atoms with Crippen LogP contribution in [0.2, 0.25) is 0 Å². The Hall–Kier alpha value is -1.58. The lowest BCUT2D eigenvalue weighted by Crippen LogP contribution is -2.27.